The molecule has 0 aliphatic rings. The van der Waals surface area contributed by atoms with Gasteiger partial charge in [0, 0.05) is 22.7 Å². The standard InChI is InChI=1S/C28H23N3O2S/c1-18-11-12-25(19(2)15-18)33-14-13-30-17-20(21-7-3-5-9-23(21)30)16-26-27(32)31-24-10-6-4-8-22(24)29-28(31)34-26/h3-12,15-17H,13-14H2,1-2H3. The van der Waals surface area contributed by atoms with E-state index < -0.39 is 0 Å². The quantitative estimate of drug-likeness (QED) is 0.356. The summed E-state index contributed by atoms with van der Waals surface area (Å²) >= 11 is 1.43. The second-order valence-electron chi connectivity index (χ2n) is 8.55. The SMILES string of the molecule is Cc1ccc(OCCn2cc(C=c3sc4nc5ccccc5n4c3=O)c3ccccc32)c(C)c1. The summed E-state index contributed by atoms with van der Waals surface area (Å²) < 4.78 is 10.7. The topological polar surface area (TPSA) is 48.5 Å². The Hall–Kier alpha value is -3.90. The minimum absolute atomic E-state index is 0.0243. The van der Waals surface area contributed by atoms with Crippen molar-refractivity contribution in [2.45, 2.75) is 20.4 Å². The van der Waals surface area contributed by atoms with E-state index in [-0.39, 0.29) is 5.56 Å². The van der Waals surface area contributed by atoms with Crippen LogP contribution in [0.5, 0.6) is 5.75 Å². The number of hydrogen-bond acceptors (Lipinski definition) is 4. The Balaban J connectivity index is 1.36. The molecule has 0 atom stereocenters. The molecule has 6 heteroatoms. The van der Waals surface area contributed by atoms with Gasteiger partial charge in [0.1, 0.15) is 12.4 Å². The summed E-state index contributed by atoms with van der Waals surface area (Å²) in [6, 6.07) is 22.3. The van der Waals surface area contributed by atoms with E-state index in [1.807, 2.05) is 48.5 Å². The molecule has 0 saturated carbocycles. The summed E-state index contributed by atoms with van der Waals surface area (Å²) in [7, 11) is 0. The average molecular weight is 466 g/mol. The molecular formula is C28H23N3O2S. The highest BCUT2D eigenvalue weighted by molar-refractivity contribution is 7.15. The molecule has 0 unspecified atom stereocenters. The molecule has 34 heavy (non-hydrogen) atoms. The molecule has 0 aliphatic carbocycles. The Morgan fingerprint density at radius 1 is 1.00 bits per heavy atom. The van der Waals surface area contributed by atoms with Crippen LogP contribution < -0.4 is 14.8 Å². The van der Waals surface area contributed by atoms with E-state index in [1.54, 1.807) is 4.40 Å². The predicted octanol–water partition coefficient (Wildman–Crippen LogP) is 5.11. The maximum absolute atomic E-state index is 13.2. The fourth-order valence-electron chi connectivity index (χ4n) is 4.54. The van der Waals surface area contributed by atoms with Crippen molar-refractivity contribution in [3.05, 3.63) is 105 Å². The molecule has 0 spiro atoms. The maximum Gasteiger partial charge on any atom is 0.274 e. The molecule has 0 radical (unpaired) electrons. The zero-order chi connectivity index (χ0) is 23.2. The first-order valence-corrected chi connectivity index (χ1v) is 12.1. The van der Waals surface area contributed by atoms with Gasteiger partial charge in [-0.2, -0.15) is 0 Å². The van der Waals surface area contributed by atoms with Gasteiger partial charge in [0.05, 0.1) is 22.1 Å². The number of rotatable bonds is 5. The third kappa shape index (κ3) is 3.47. The molecule has 5 nitrogen and oxygen atoms in total. The van der Waals surface area contributed by atoms with E-state index in [1.165, 1.54) is 16.9 Å². The van der Waals surface area contributed by atoms with Gasteiger partial charge in [-0.3, -0.25) is 4.79 Å². The van der Waals surface area contributed by atoms with Gasteiger partial charge in [-0.15, -0.1) is 0 Å². The Bertz CT molecular complexity index is 1790. The zero-order valence-corrected chi connectivity index (χ0v) is 19.8. The normalized spacial score (nSPS) is 12.4. The molecule has 3 heterocycles. The molecule has 0 fully saturated rings. The zero-order valence-electron chi connectivity index (χ0n) is 19.0. The van der Waals surface area contributed by atoms with Crippen LogP contribution >= 0.6 is 11.3 Å². The lowest BCUT2D eigenvalue weighted by Crippen LogP contribution is -2.22. The lowest BCUT2D eigenvalue weighted by Gasteiger charge is -2.11. The number of ether oxygens (including phenoxy) is 1. The minimum atomic E-state index is -0.0243. The first kappa shape index (κ1) is 20.7. The van der Waals surface area contributed by atoms with Crippen LogP contribution in [0.2, 0.25) is 0 Å². The molecule has 6 rings (SSSR count). The van der Waals surface area contributed by atoms with E-state index in [0.717, 1.165) is 43.8 Å². The van der Waals surface area contributed by atoms with Crippen LogP contribution in [0, 0.1) is 13.8 Å². The number of para-hydroxylation sites is 3. The Morgan fingerprint density at radius 3 is 2.65 bits per heavy atom. The smallest absolute Gasteiger partial charge is 0.274 e. The Kier molecular flexibility index (Phi) is 4.96. The van der Waals surface area contributed by atoms with Gasteiger partial charge in [0.2, 0.25) is 0 Å². The molecular weight excluding hydrogens is 442 g/mol. The highest BCUT2D eigenvalue weighted by Crippen LogP contribution is 2.23. The summed E-state index contributed by atoms with van der Waals surface area (Å²) in [5.41, 5.74) is 6.19. The summed E-state index contributed by atoms with van der Waals surface area (Å²) in [4.78, 5) is 18.6. The number of aryl methyl sites for hydroxylation is 2. The monoisotopic (exact) mass is 465 g/mol. The van der Waals surface area contributed by atoms with Crippen LogP contribution in [-0.2, 0) is 6.54 Å². The van der Waals surface area contributed by atoms with Crippen LogP contribution in [-0.4, -0.2) is 20.6 Å². The number of thiazole rings is 1. The molecule has 0 N–H and O–H groups in total. The van der Waals surface area contributed by atoms with Crippen molar-refractivity contribution in [3.8, 4) is 5.75 Å². The largest absolute Gasteiger partial charge is 0.491 e. The van der Waals surface area contributed by atoms with Crippen LogP contribution in [0.1, 0.15) is 16.7 Å². The number of fused-ring (bicyclic) bond motifs is 4. The molecule has 0 amide bonds. The fraction of sp³-hybridized carbons (Fsp3) is 0.143. The maximum atomic E-state index is 13.2. The number of aromatic nitrogens is 3. The number of nitrogens with zero attached hydrogens (tertiary/aromatic N) is 3. The third-order valence-electron chi connectivity index (χ3n) is 6.17. The summed E-state index contributed by atoms with van der Waals surface area (Å²) in [5.74, 6) is 0.916. The van der Waals surface area contributed by atoms with Crippen LogP contribution in [0.4, 0.5) is 0 Å². The average Bonchev–Trinajstić information content (AvgIpc) is 3.47. The predicted molar refractivity (Wildman–Crippen MR) is 139 cm³/mol. The fourth-order valence-corrected chi connectivity index (χ4v) is 5.52. The van der Waals surface area contributed by atoms with Crippen molar-refractivity contribution < 1.29 is 4.74 Å². The second-order valence-corrected chi connectivity index (χ2v) is 9.56. The molecule has 6 aromatic rings. The summed E-state index contributed by atoms with van der Waals surface area (Å²) in [6.07, 6.45) is 4.09. The highest BCUT2D eigenvalue weighted by atomic mass is 32.1. The van der Waals surface area contributed by atoms with E-state index in [9.17, 15) is 4.79 Å². The van der Waals surface area contributed by atoms with Crippen LogP contribution in [0.3, 0.4) is 0 Å². The van der Waals surface area contributed by atoms with Gasteiger partial charge >= 0.3 is 0 Å². The molecule has 0 bridgehead atoms. The Morgan fingerprint density at radius 2 is 1.79 bits per heavy atom. The molecule has 0 saturated heterocycles. The molecule has 3 aromatic carbocycles. The van der Waals surface area contributed by atoms with E-state index in [0.29, 0.717) is 17.7 Å². The minimum Gasteiger partial charge on any atom is -0.491 e. The van der Waals surface area contributed by atoms with Crippen molar-refractivity contribution in [1.29, 1.82) is 0 Å². The van der Waals surface area contributed by atoms with Gasteiger partial charge in [-0.05, 0) is 49.8 Å². The molecule has 3 aromatic heterocycles. The Labute approximate surface area is 200 Å². The molecule has 168 valence electrons. The highest BCUT2D eigenvalue weighted by Gasteiger charge is 2.12. The summed E-state index contributed by atoms with van der Waals surface area (Å²) in [6.45, 7) is 5.43. The third-order valence-corrected chi connectivity index (χ3v) is 7.14. The van der Waals surface area contributed by atoms with Crippen molar-refractivity contribution in [2.24, 2.45) is 0 Å². The first-order chi connectivity index (χ1) is 16.6. The number of benzene rings is 3. The molecule has 0 aliphatic heterocycles. The summed E-state index contributed by atoms with van der Waals surface area (Å²) in [5, 5.41) is 1.12. The van der Waals surface area contributed by atoms with Gasteiger partial charge in [0.15, 0.2) is 4.96 Å². The number of imidazole rings is 1. The van der Waals surface area contributed by atoms with E-state index in [4.69, 9.17) is 4.74 Å². The van der Waals surface area contributed by atoms with E-state index in [2.05, 4.69) is 53.9 Å². The van der Waals surface area contributed by atoms with Crippen LogP contribution in [0.15, 0.2) is 77.7 Å². The lowest BCUT2D eigenvalue weighted by molar-refractivity contribution is 0.298. The van der Waals surface area contributed by atoms with Gasteiger partial charge in [0.25, 0.3) is 5.56 Å². The van der Waals surface area contributed by atoms with Gasteiger partial charge in [-0.1, -0.05) is 59.4 Å². The van der Waals surface area contributed by atoms with Crippen molar-refractivity contribution in [3.63, 3.8) is 0 Å². The number of hydrogen-bond donors (Lipinski definition) is 0. The van der Waals surface area contributed by atoms with Crippen LogP contribution in [0.25, 0.3) is 33.0 Å². The first-order valence-electron chi connectivity index (χ1n) is 11.3. The van der Waals surface area contributed by atoms with Gasteiger partial charge < -0.3 is 9.30 Å². The van der Waals surface area contributed by atoms with Crippen molar-refractivity contribution >= 4 is 44.3 Å². The van der Waals surface area contributed by atoms with Gasteiger partial charge in [-0.25, -0.2) is 9.38 Å². The van der Waals surface area contributed by atoms with Crippen molar-refractivity contribution in [1.82, 2.24) is 14.0 Å². The second kappa shape index (κ2) is 8.15. The van der Waals surface area contributed by atoms with Crippen molar-refractivity contribution in [2.75, 3.05) is 6.61 Å². The van der Waals surface area contributed by atoms with E-state index >= 15 is 0 Å². The lowest BCUT2D eigenvalue weighted by atomic mass is 10.1.